The summed E-state index contributed by atoms with van der Waals surface area (Å²) < 4.78 is 36.6. The lowest BCUT2D eigenvalue weighted by atomic mass is 10.0. The summed E-state index contributed by atoms with van der Waals surface area (Å²) in [5.74, 6) is -2.55. The molecule has 4 heterocycles. The summed E-state index contributed by atoms with van der Waals surface area (Å²) in [6.45, 7) is 9.58. The zero-order valence-electron chi connectivity index (χ0n) is 20.2. The average molecular weight is 475 g/mol. The van der Waals surface area contributed by atoms with Gasteiger partial charge in [0.25, 0.3) is 5.92 Å². The van der Waals surface area contributed by atoms with E-state index in [0.29, 0.717) is 30.3 Å². The van der Waals surface area contributed by atoms with Crippen LogP contribution in [0.2, 0.25) is 0 Å². The molecular weight excluding hydrogens is 442 g/mol. The second-order valence-corrected chi connectivity index (χ2v) is 10.6. The first-order valence-corrected chi connectivity index (χ1v) is 12.1. The molecule has 0 radical (unpaired) electrons. The van der Waals surface area contributed by atoms with Crippen LogP contribution in [0.5, 0.6) is 0 Å². The Labute approximate surface area is 198 Å². The van der Waals surface area contributed by atoms with Gasteiger partial charge in [0.15, 0.2) is 0 Å². The monoisotopic (exact) mass is 474 g/mol. The first-order chi connectivity index (χ1) is 16.0. The summed E-state index contributed by atoms with van der Waals surface area (Å²) in [6, 6.07) is 0.373. The third-order valence-electron chi connectivity index (χ3n) is 6.97. The first-order valence-electron chi connectivity index (χ1n) is 12.1. The van der Waals surface area contributed by atoms with Gasteiger partial charge in [0.05, 0.1) is 17.9 Å². The zero-order valence-corrected chi connectivity index (χ0v) is 20.2. The summed E-state index contributed by atoms with van der Waals surface area (Å²) in [7, 11) is 0. The summed E-state index contributed by atoms with van der Waals surface area (Å²) >= 11 is 0. The number of hydrogen-bond donors (Lipinski definition) is 0. The quantitative estimate of drug-likeness (QED) is 0.650. The standard InChI is InChI=1S/C24H32F2N6O2/c1-15-6-12-31(15)21-28-19(18-5-9-24(25,26)20(18)29-21)16-13-27-32(14-16)17-7-10-30(11-8-17)22(33)34-23(2,3)4/h13-15,17H,5-12H2,1-4H3/t15-/m0/s1. The summed E-state index contributed by atoms with van der Waals surface area (Å²) in [5.41, 5.74) is 1.17. The number of carbonyl (C=O) groups is 1. The molecule has 2 aromatic heterocycles. The lowest BCUT2D eigenvalue weighted by Gasteiger charge is -2.39. The number of rotatable bonds is 3. The van der Waals surface area contributed by atoms with Crippen molar-refractivity contribution in [1.82, 2.24) is 24.6 Å². The number of piperidine rings is 1. The first kappa shape index (κ1) is 23.0. The van der Waals surface area contributed by atoms with Crippen molar-refractivity contribution in [1.29, 1.82) is 0 Å². The molecule has 10 heteroatoms. The Balaban J connectivity index is 1.36. The summed E-state index contributed by atoms with van der Waals surface area (Å²) in [4.78, 5) is 25.1. The predicted octanol–water partition coefficient (Wildman–Crippen LogP) is 4.55. The molecule has 1 atom stereocenters. The van der Waals surface area contributed by atoms with Crippen LogP contribution in [0.15, 0.2) is 12.4 Å². The van der Waals surface area contributed by atoms with Gasteiger partial charge < -0.3 is 14.5 Å². The van der Waals surface area contributed by atoms with Crippen molar-refractivity contribution in [2.75, 3.05) is 24.5 Å². The number of halogens is 2. The zero-order chi connectivity index (χ0) is 24.3. The van der Waals surface area contributed by atoms with E-state index >= 15 is 0 Å². The van der Waals surface area contributed by atoms with Gasteiger partial charge in [-0.05, 0) is 53.4 Å². The van der Waals surface area contributed by atoms with E-state index in [0.717, 1.165) is 31.4 Å². The Morgan fingerprint density at radius 3 is 2.50 bits per heavy atom. The summed E-state index contributed by atoms with van der Waals surface area (Å²) in [6.07, 6.45) is 5.84. The van der Waals surface area contributed by atoms with E-state index in [9.17, 15) is 13.6 Å². The van der Waals surface area contributed by atoms with Gasteiger partial charge in [-0.2, -0.15) is 13.9 Å². The predicted molar refractivity (Wildman–Crippen MR) is 123 cm³/mol. The second kappa shape index (κ2) is 8.16. The molecule has 2 saturated heterocycles. The van der Waals surface area contributed by atoms with Crippen molar-refractivity contribution in [3.63, 3.8) is 0 Å². The van der Waals surface area contributed by atoms with Gasteiger partial charge in [-0.3, -0.25) is 4.68 Å². The molecule has 2 aliphatic heterocycles. The van der Waals surface area contributed by atoms with Crippen LogP contribution in [0.3, 0.4) is 0 Å². The number of fused-ring (bicyclic) bond motifs is 1. The van der Waals surface area contributed by atoms with Gasteiger partial charge in [0, 0.05) is 49.4 Å². The molecule has 1 amide bonds. The Hall–Kier alpha value is -2.78. The van der Waals surface area contributed by atoms with Gasteiger partial charge in [0.2, 0.25) is 5.95 Å². The van der Waals surface area contributed by atoms with E-state index in [2.05, 4.69) is 17.0 Å². The maximum atomic E-state index is 14.6. The molecule has 8 nitrogen and oxygen atoms in total. The molecule has 2 fully saturated rings. The summed E-state index contributed by atoms with van der Waals surface area (Å²) in [5, 5.41) is 4.55. The molecule has 0 spiro atoms. The number of alkyl halides is 2. The van der Waals surface area contributed by atoms with E-state index < -0.39 is 11.5 Å². The van der Waals surface area contributed by atoms with Crippen LogP contribution in [0, 0.1) is 0 Å². The largest absolute Gasteiger partial charge is 0.444 e. The third-order valence-corrected chi connectivity index (χ3v) is 6.97. The van der Waals surface area contributed by atoms with Crippen molar-refractivity contribution >= 4 is 12.0 Å². The van der Waals surface area contributed by atoms with Gasteiger partial charge >= 0.3 is 6.09 Å². The minimum Gasteiger partial charge on any atom is -0.444 e. The van der Waals surface area contributed by atoms with Crippen molar-refractivity contribution in [3.05, 3.63) is 23.7 Å². The van der Waals surface area contributed by atoms with Crippen LogP contribution in [0.1, 0.15) is 70.7 Å². The molecule has 2 aromatic rings. The van der Waals surface area contributed by atoms with Crippen molar-refractivity contribution in [3.8, 4) is 11.3 Å². The van der Waals surface area contributed by atoms with Crippen LogP contribution < -0.4 is 4.90 Å². The fourth-order valence-electron chi connectivity index (χ4n) is 4.89. The fraction of sp³-hybridized carbons (Fsp3) is 0.667. The number of anilines is 1. The Morgan fingerprint density at radius 1 is 1.15 bits per heavy atom. The van der Waals surface area contributed by atoms with Crippen LogP contribution >= 0.6 is 0 Å². The van der Waals surface area contributed by atoms with Crippen molar-refractivity contribution in [2.24, 2.45) is 0 Å². The number of amides is 1. The highest BCUT2D eigenvalue weighted by atomic mass is 19.3. The molecule has 0 saturated carbocycles. The molecule has 34 heavy (non-hydrogen) atoms. The van der Waals surface area contributed by atoms with Gasteiger partial charge in [0.1, 0.15) is 11.3 Å². The number of hydrogen-bond acceptors (Lipinski definition) is 6. The van der Waals surface area contributed by atoms with Crippen LogP contribution in [-0.4, -0.2) is 62.0 Å². The van der Waals surface area contributed by atoms with Crippen LogP contribution in [-0.2, 0) is 17.1 Å². The highest BCUT2D eigenvalue weighted by molar-refractivity contribution is 5.68. The minimum atomic E-state index is -2.93. The SMILES string of the molecule is C[C@H]1CCN1c1nc(-c2cnn(C3CCN(C(=O)OC(C)(C)C)CC3)c2)c2c(n1)C(F)(F)CC2. The lowest BCUT2D eigenvalue weighted by molar-refractivity contribution is -0.00597. The molecule has 184 valence electrons. The number of likely N-dealkylation sites (tertiary alicyclic amines) is 1. The lowest BCUT2D eigenvalue weighted by Crippen LogP contribution is -2.47. The van der Waals surface area contributed by atoms with Crippen LogP contribution in [0.25, 0.3) is 11.3 Å². The average Bonchev–Trinajstić information content (AvgIpc) is 3.36. The van der Waals surface area contributed by atoms with Crippen molar-refractivity contribution < 1.29 is 18.3 Å². The minimum absolute atomic E-state index is 0.124. The van der Waals surface area contributed by atoms with Crippen molar-refractivity contribution in [2.45, 2.75) is 83.4 Å². The van der Waals surface area contributed by atoms with E-state index in [-0.39, 0.29) is 36.7 Å². The third kappa shape index (κ3) is 4.22. The molecule has 0 N–H and O–H groups in total. The maximum absolute atomic E-state index is 14.6. The highest BCUT2D eigenvalue weighted by Crippen LogP contribution is 2.45. The van der Waals surface area contributed by atoms with E-state index in [4.69, 9.17) is 9.72 Å². The number of aromatic nitrogens is 4. The van der Waals surface area contributed by atoms with Gasteiger partial charge in [-0.1, -0.05) is 0 Å². The van der Waals surface area contributed by atoms with E-state index in [1.165, 1.54) is 0 Å². The Bertz CT molecular complexity index is 1090. The maximum Gasteiger partial charge on any atom is 0.410 e. The van der Waals surface area contributed by atoms with E-state index in [1.54, 1.807) is 11.1 Å². The molecular formula is C24H32F2N6O2. The molecule has 3 aliphatic rings. The molecule has 0 unspecified atom stereocenters. The molecule has 5 rings (SSSR count). The van der Waals surface area contributed by atoms with Gasteiger partial charge in [-0.25, -0.2) is 14.8 Å². The smallest absolute Gasteiger partial charge is 0.410 e. The number of ether oxygens (including phenoxy) is 1. The van der Waals surface area contributed by atoms with Gasteiger partial charge in [-0.15, -0.1) is 0 Å². The Morgan fingerprint density at radius 2 is 1.88 bits per heavy atom. The molecule has 0 aromatic carbocycles. The number of nitrogens with zero attached hydrogens (tertiary/aromatic N) is 6. The number of carbonyl (C=O) groups excluding carboxylic acids is 1. The highest BCUT2D eigenvalue weighted by Gasteiger charge is 2.44. The van der Waals surface area contributed by atoms with Crippen LogP contribution in [0.4, 0.5) is 19.5 Å². The Kier molecular flexibility index (Phi) is 5.52. The molecule has 1 aliphatic carbocycles. The molecule has 0 bridgehead atoms. The second-order valence-electron chi connectivity index (χ2n) is 10.6. The van der Waals surface area contributed by atoms with E-state index in [1.807, 2.05) is 36.5 Å². The fourth-order valence-corrected chi connectivity index (χ4v) is 4.89. The topological polar surface area (TPSA) is 76.4 Å². The normalized spacial score (nSPS) is 22.5.